The minimum Gasteiger partial charge on any atom is -0.389 e. The van der Waals surface area contributed by atoms with Crippen molar-refractivity contribution in [1.29, 1.82) is 0 Å². The van der Waals surface area contributed by atoms with E-state index in [1.165, 1.54) is 12.1 Å². The van der Waals surface area contributed by atoms with Crippen molar-refractivity contribution < 1.29 is 13.9 Å². The average molecular weight is 255 g/mol. The zero-order valence-corrected chi connectivity index (χ0v) is 10.6. The lowest BCUT2D eigenvalue weighted by Crippen LogP contribution is -2.32. The molecule has 0 amide bonds. The maximum absolute atomic E-state index is 13.1. The number of nitrogens with zero attached hydrogens (tertiary/aromatic N) is 1. The molecule has 1 saturated heterocycles. The SMILES string of the molecule is CN1CCCC(O)(Cc2cc(F)cc(F)c2)CC1. The van der Waals surface area contributed by atoms with Crippen molar-refractivity contribution in [2.75, 3.05) is 20.1 Å². The van der Waals surface area contributed by atoms with Crippen molar-refractivity contribution in [2.24, 2.45) is 0 Å². The lowest BCUT2D eigenvalue weighted by atomic mass is 9.88. The Kier molecular flexibility index (Phi) is 3.97. The van der Waals surface area contributed by atoms with Crippen LogP contribution < -0.4 is 0 Å². The van der Waals surface area contributed by atoms with E-state index in [1.807, 2.05) is 7.05 Å². The lowest BCUT2D eigenvalue weighted by Gasteiger charge is -2.26. The summed E-state index contributed by atoms with van der Waals surface area (Å²) in [6, 6.07) is 3.46. The Bertz CT molecular complexity index is 404. The number of hydrogen-bond acceptors (Lipinski definition) is 2. The van der Waals surface area contributed by atoms with E-state index < -0.39 is 17.2 Å². The fraction of sp³-hybridized carbons (Fsp3) is 0.571. The third-order valence-electron chi connectivity index (χ3n) is 3.60. The second kappa shape index (κ2) is 5.33. The molecule has 0 aromatic heterocycles. The topological polar surface area (TPSA) is 23.5 Å². The van der Waals surface area contributed by atoms with Crippen LogP contribution in [0.4, 0.5) is 8.78 Å². The van der Waals surface area contributed by atoms with Crippen LogP contribution in [-0.2, 0) is 6.42 Å². The van der Waals surface area contributed by atoms with E-state index in [9.17, 15) is 13.9 Å². The normalized spacial score (nSPS) is 26.0. The van der Waals surface area contributed by atoms with E-state index in [1.54, 1.807) is 0 Å². The molecule has 18 heavy (non-hydrogen) atoms. The van der Waals surface area contributed by atoms with Crippen LogP contribution in [0.2, 0.25) is 0 Å². The molecular formula is C14H19F2NO. The summed E-state index contributed by atoms with van der Waals surface area (Å²) in [4.78, 5) is 2.17. The molecule has 4 heteroatoms. The molecule has 1 fully saturated rings. The molecule has 2 nitrogen and oxygen atoms in total. The number of halogens is 2. The lowest BCUT2D eigenvalue weighted by molar-refractivity contribution is 0.0262. The highest BCUT2D eigenvalue weighted by atomic mass is 19.1. The summed E-state index contributed by atoms with van der Waals surface area (Å²) >= 11 is 0. The zero-order valence-electron chi connectivity index (χ0n) is 10.6. The van der Waals surface area contributed by atoms with Gasteiger partial charge in [-0.15, -0.1) is 0 Å². The van der Waals surface area contributed by atoms with Gasteiger partial charge >= 0.3 is 0 Å². The fourth-order valence-corrected chi connectivity index (χ4v) is 2.58. The summed E-state index contributed by atoms with van der Waals surface area (Å²) < 4.78 is 26.2. The first-order valence-corrected chi connectivity index (χ1v) is 6.33. The minimum absolute atomic E-state index is 0.315. The highest BCUT2D eigenvalue weighted by molar-refractivity contribution is 5.20. The smallest absolute Gasteiger partial charge is 0.126 e. The summed E-state index contributed by atoms with van der Waals surface area (Å²) in [5.41, 5.74) is -0.315. The molecule has 1 aromatic carbocycles. The van der Waals surface area contributed by atoms with E-state index >= 15 is 0 Å². The third-order valence-corrected chi connectivity index (χ3v) is 3.60. The van der Waals surface area contributed by atoms with Gasteiger partial charge in [0.25, 0.3) is 0 Å². The highest BCUT2D eigenvalue weighted by Gasteiger charge is 2.29. The summed E-state index contributed by atoms with van der Waals surface area (Å²) in [6.45, 7) is 1.77. The molecule has 100 valence electrons. The van der Waals surface area contributed by atoms with Crippen LogP contribution in [0, 0.1) is 11.6 Å². The van der Waals surface area contributed by atoms with Crippen LogP contribution in [0.25, 0.3) is 0 Å². The Labute approximate surface area is 106 Å². The van der Waals surface area contributed by atoms with Gasteiger partial charge < -0.3 is 10.0 Å². The number of likely N-dealkylation sites (tertiary alicyclic amines) is 1. The predicted octanol–water partition coefficient (Wildman–Crippen LogP) is 2.35. The minimum atomic E-state index is -0.842. The number of aliphatic hydroxyl groups is 1. The van der Waals surface area contributed by atoms with E-state index in [0.29, 0.717) is 24.8 Å². The number of hydrogen-bond donors (Lipinski definition) is 1. The Morgan fingerprint density at radius 2 is 1.83 bits per heavy atom. The Hall–Kier alpha value is -1.00. The average Bonchev–Trinajstić information content (AvgIpc) is 2.39. The van der Waals surface area contributed by atoms with Gasteiger partial charge in [-0.2, -0.15) is 0 Å². The van der Waals surface area contributed by atoms with Crippen LogP contribution in [0.5, 0.6) is 0 Å². The van der Waals surface area contributed by atoms with Gasteiger partial charge in [-0.05, 0) is 50.6 Å². The zero-order chi connectivity index (χ0) is 13.2. The van der Waals surface area contributed by atoms with Gasteiger partial charge in [0.1, 0.15) is 11.6 Å². The van der Waals surface area contributed by atoms with Gasteiger partial charge in [-0.1, -0.05) is 0 Å². The molecule has 1 aromatic rings. The maximum Gasteiger partial charge on any atom is 0.126 e. The van der Waals surface area contributed by atoms with Crippen molar-refractivity contribution in [3.05, 3.63) is 35.4 Å². The molecule has 1 unspecified atom stereocenters. The van der Waals surface area contributed by atoms with Crippen LogP contribution >= 0.6 is 0 Å². The van der Waals surface area contributed by atoms with Crippen molar-refractivity contribution in [3.8, 4) is 0 Å². The molecule has 0 spiro atoms. The second-order valence-electron chi connectivity index (χ2n) is 5.34. The van der Waals surface area contributed by atoms with Gasteiger partial charge in [0.05, 0.1) is 5.60 Å². The monoisotopic (exact) mass is 255 g/mol. The van der Waals surface area contributed by atoms with Crippen molar-refractivity contribution in [2.45, 2.75) is 31.3 Å². The molecule has 0 aliphatic carbocycles. The molecule has 1 aliphatic rings. The van der Waals surface area contributed by atoms with Crippen LogP contribution in [0.1, 0.15) is 24.8 Å². The Morgan fingerprint density at radius 1 is 1.17 bits per heavy atom. The summed E-state index contributed by atoms with van der Waals surface area (Å²) in [7, 11) is 2.02. The molecule has 1 N–H and O–H groups in total. The molecule has 0 radical (unpaired) electrons. The summed E-state index contributed by atoms with van der Waals surface area (Å²) in [6.07, 6.45) is 2.54. The van der Waals surface area contributed by atoms with Crippen molar-refractivity contribution in [1.82, 2.24) is 4.90 Å². The first kappa shape index (κ1) is 13.4. The number of benzene rings is 1. The molecule has 2 rings (SSSR count). The third kappa shape index (κ3) is 3.50. The Balaban J connectivity index is 2.11. The predicted molar refractivity (Wildman–Crippen MR) is 66.4 cm³/mol. The quantitative estimate of drug-likeness (QED) is 0.877. The highest BCUT2D eigenvalue weighted by Crippen LogP contribution is 2.26. The first-order chi connectivity index (χ1) is 8.47. The molecule has 0 saturated carbocycles. The van der Waals surface area contributed by atoms with Gasteiger partial charge in [-0.3, -0.25) is 0 Å². The molecular weight excluding hydrogens is 236 g/mol. The summed E-state index contributed by atoms with van der Waals surface area (Å²) in [5.74, 6) is -1.17. The van der Waals surface area contributed by atoms with E-state index in [2.05, 4.69) is 4.90 Å². The van der Waals surface area contributed by atoms with E-state index in [4.69, 9.17) is 0 Å². The first-order valence-electron chi connectivity index (χ1n) is 6.33. The van der Waals surface area contributed by atoms with Gasteiger partial charge in [0.15, 0.2) is 0 Å². The molecule has 1 heterocycles. The van der Waals surface area contributed by atoms with Crippen molar-refractivity contribution >= 4 is 0 Å². The maximum atomic E-state index is 13.1. The second-order valence-corrected chi connectivity index (χ2v) is 5.34. The fourth-order valence-electron chi connectivity index (χ4n) is 2.58. The molecule has 1 aliphatic heterocycles. The van der Waals surface area contributed by atoms with E-state index in [-0.39, 0.29) is 0 Å². The van der Waals surface area contributed by atoms with Gasteiger partial charge in [0.2, 0.25) is 0 Å². The largest absolute Gasteiger partial charge is 0.389 e. The van der Waals surface area contributed by atoms with E-state index in [0.717, 1.165) is 25.6 Å². The Morgan fingerprint density at radius 3 is 2.50 bits per heavy atom. The van der Waals surface area contributed by atoms with Gasteiger partial charge in [0, 0.05) is 19.0 Å². The number of rotatable bonds is 2. The van der Waals surface area contributed by atoms with Crippen LogP contribution in [0.15, 0.2) is 18.2 Å². The van der Waals surface area contributed by atoms with Crippen LogP contribution in [0.3, 0.4) is 0 Å². The van der Waals surface area contributed by atoms with Crippen LogP contribution in [-0.4, -0.2) is 35.7 Å². The molecule has 1 atom stereocenters. The molecule has 0 bridgehead atoms. The standard InChI is InChI=1S/C14H19F2NO/c1-17-5-2-3-14(18,4-6-17)10-11-7-12(15)9-13(16)8-11/h7-9,18H,2-6,10H2,1H3. The summed E-state index contributed by atoms with van der Waals surface area (Å²) in [5, 5.41) is 10.5. The van der Waals surface area contributed by atoms with Crippen molar-refractivity contribution in [3.63, 3.8) is 0 Å². The van der Waals surface area contributed by atoms with Gasteiger partial charge in [-0.25, -0.2) is 8.78 Å².